The zero-order chi connectivity index (χ0) is 14.5. The molecule has 1 rings (SSSR count). The van der Waals surface area contributed by atoms with Gasteiger partial charge in [-0.05, 0) is 18.2 Å². The van der Waals surface area contributed by atoms with Gasteiger partial charge in [-0.3, -0.25) is 0 Å². The van der Waals surface area contributed by atoms with Gasteiger partial charge in [-0.1, -0.05) is 11.6 Å². The van der Waals surface area contributed by atoms with Gasteiger partial charge in [0.15, 0.2) is 0 Å². The van der Waals surface area contributed by atoms with Crippen molar-refractivity contribution in [2.45, 2.75) is 4.90 Å². The molecule has 0 fully saturated rings. The van der Waals surface area contributed by atoms with Crippen LogP contribution in [0.25, 0.3) is 0 Å². The molecule has 1 N–H and O–H groups in total. The smallest absolute Gasteiger partial charge is 0.337 e. The van der Waals surface area contributed by atoms with Crippen LogP contribution in [0.4, 0.5) is 0 Å². The lowest BCUT2D eigenvalue weighted by molar-refractivity contribution is 0.0600. The fourth-order valence-electron chi connectivity index (χ4n) is 1.31. The second-order valence-corrected chi connectivity index (χ2v) is 5.67. The van der Waals surface area contributed by atoms with E-state index in [0.29, 0.717) is 0 Å². The van der Waals surface area contributed by atoms with Gasteiger partial charge in [-0.2, -0.15) is 0 Å². The number of sulfonamides is 1. The van der Waals surface area contributed by atoms with Crippen molar-refractivity contribution in [2.75, 3.05) is 27.4 Å². The average molecular weight is 308 g/mol. The van der Waals surface area contributed by atoms with Crippen molar-refractivity contribution >= 4 is 27.6 Å². The number of methoxy groups -OCH3 is 2. The lowest BCUT2D eigenvalue weighted by atomic mass is 10.2. The molecule has 0 aliphatic heterocycles. The molecule has 0 aromatic heterocycles. The highest BCUT2D eigenvalue weighted by atomic mass is 35.5. The van der Waals surface area contributed by atoms with Crippen LogP contribution in [0.3, 0.4) is 0 Å². The number of carbonyl (C=O) groups is 1. The van der Waals surface area contributed by atoms with Gasteiger partial charge in [-0.25, -0.2) is 17.9 Å². The lowest BCUT2D eigenvalue weighted by Gasteiger charge is -2.09. The van der Waals surface area contributed by atoms with Gasteiger partial charge in [0.2, 0.25) is 10.0 Å². The minimum absolute atomic E-state index is 0.0255. The molecule has 0 atom stereocenters. The molecule has 0 unspecified atom stereocenters. The van der Waals surface area contributed by atoms with Crippen molar-refractivity contribution in [3.05, 3.63) is 28.8 Å². The van der Waals surface area contributed by atoms with Gasteiger partial charge in [0.25, 0.3) is 0 Å². The number of benzene rings is 1. The van der Waals surface area contributed by atoms with E-state index in [4.69, 9.17) is 16.3 Å². The van der Waals surface area contributed by atoms with Crippen LogP contribution in [0.2, 0.25) is 5.02 Å². The topological polar surface area (TPSA) is 81.7 Å². The van der Waals surface area contributed by atoms with Crippen molar-refractivity contribution < 1.29 is 22.7 Å². The summed E-state index contributed by atoms with van der Waals surface area (Å²) in [5.74, 6) is -0.634. The quantitative estimate of drug-likeness (QED) is 0.627. The zero-order valence-corrected chi connectivity index (χ0v) is 12.0. The third kappa shape index (κ3) is 4.17. The van der Waals surface area contributed by atoms with E-state index in [2.05, 4.69) is 9.46 Å². The molecule has 0 radical (unpaired) electrons. The molecule has 106 valence electrons. The summed E-state index contributed by atoms with van der Waals surface area (Å²) >= 11 is 5.84. The van der Waals surface area contributed by atoms with Crippen LogP contribution in [0.1, 0.15) is 10.4 Å². The molecular weight excluding hydrogens is 294 g/mol. The molecule has 0 aliphatic carbocycles. The Bertz CT molecular complexity index is 558. The van der Waals surface area contributed by atoms with E-state index in [1.807, 2.05) is 0 Å². The van der Waals surface area contributed by atoms with E-state index < -0.39 is 16.0 Å². The average Bonchev–Trinajstić information content (AvgIpc) is 2.38. The molecule has 1 aromatic rings. The predicted molar refractivity (Wildman–Crippen MR) is 69.9 cm³/mol. The monoisotopic (exact) mass is 307 g/mol. The normalized spacial score (nSPS) is 11.3. The maximum atomic E-state index is 12.0. The number of hydrogen-bond donors (Lipinski definition) is 1. The predicted octanol–water partition coefficient (Wildman–Crippen LogP) is 1.05. The summed E-state index contributed by atoms with van der Waals surface area (Å²) in [5, 5.41) is 0.0255. The van der Waals surface area contributed by atoms with E-state index >= 15 is 0 Å². The Morgan fingerprint density at radius 1 is 1.37 bits per heavy atom. The summed E-state index contributed by atoms with van der Waals surface area (Å²) in [7, 11) is -1.13. The summed E-state index contributed by atoms with van der Waals surface area (Å²) in [6, 6.07) is 3.89. The summed E-state index contributed by atoms with van der Waals surface area (Å²) < 4.78 is 35.6. The second-order valence-electron chi connectivity index (χ2n) is 3.53. The summed E-state index contributed by atoms with van der Waals surface area (Å²) in [6.45, 7) is 0.338. The molecule has 19 heavy (non-hydrogen) atoms. The van der Waals surface area contributed by atoms with Crippen molar-refractivity contribution in [1.29, 1.82) is 0 Å². The van der Waals surface area contributed by atoms with Crippen LogP contribution >= 0.6 is 11.6 Å². The summed E-state index contributed by atoms with van der Waals surface area (Å²) in [6.07, 6.45) is 0. The van der Waals surface area contributed by atoms with Gasteiger partial charge in [0.05, 0.1) is 24.3 Å². The van der Waals surface area contributed by atoms with Crippen molar-refractivity contribution in [3.8, 4) is 0 Å². The number of hydrogen-bond acceptors (Lipinski definition) is 5. The molecule has 0 aliphatic rings. The Hall–Kier alpha value is -1.15. The Morgan fingerprint density at radius 3 is 2.63 bits per heavy atom. The highest BCUT2D eigenvalue weighted by Gasteiger charge is 2.19. The third-order valence-corrected chi connectivity index (χ3v) is 4.18. The number of ether oxygens (including phenoxy) is 2. The van der Waals surface area contributed by atoms with E-state index in [1.165, 1.54) is 32.4 Å². The molecule has 0 spiro atoms. The maximum Gasteiger partial charge on any atom is 0.337 e. The lowest BCUT2D eigenvalue weighted by Crippen LogP contribution is -2.27. The van der Waals surface area contributed by atoms with Crippen molar-refractivity contribution in [1.82, 2.24) is 4.72 Å². The Labute approximate surface area is 116 Å². The van der Waals surface area contributed by atoms with Gasteiger partial charge < -0.3 is 9.47 Å². The maximum absolute atomic E-state index is 12.0. The fourth-order valence-corrected chi connectivity index (χ4v) is 2.85. The largest absolute Gasteiger partial charge is 0.465 e. The first-order valence-electron chi connectivity index (χ1n) is 5.29. The second kappa shape index (κ2) is 6.85. The molecule has 0 heterocycles. The Morgan fingerprint density at radius 2 is 2.05 bits per heavy atom. The number of esters is 1. The molecule has 1 aromatic carbocycles. The minimum Gasteiger partial charge on any atom is -0.465 e. The zero-order valence-electron chi connectivity index (χ0n) is 10.5. The van der Waals surface area contributed by atoms with Crippen LogP contribution in [0.15, 0.2) is 23.1 Å². The van der Waals surface area contributed by atoms with Crippen LogP contribution in [0, 0.1) is 0 Å². The molecule has 0 amide bonds. The Kier molecular flexibility index (Phi) is 5.74. The number of rotatable bonds is 6. The highest BCUT2D eigenvalue weighted by molar-refractivity contribution is 7.89. The van der Waals surface area contributed by atoms with E-state index in [1.54, 1.807) is 0 Å². The van der Waals surface area contributed by atoms with Gasteiger partial charge in [0.1, 0.15) is 4.90 Å². The van der Waals surface area contributed by atoms with Gasteiger partial charge in [-0.15, -0.1) is 0 Å². The van der Waals surface area contributed by atoms with Crippen molar-refractivity contribution in [3.63, 3.8) is 0 Å². The van der Waals surface area contributed by atoms with Crippen molar-refractivity contribution in [2.24, 2.45) is 0 Å². The summed E-state index contributed by atoms with van der Waals surface area (Å²) in [5.41, 5.74) is 0.110. The van der Waals surface area contributed by atoms with Crippen LogP contribution in [-0.4, -0.2) is 41.8 Å². The third-order valence-electron chi connectivity index (χ3n) is 2.24. The highest BCUT2D eigenvalue weighted by Crippen LogP contribution is 2.22. The number of halogens is 1. The van der Waals surface area contributed by atoms with Crippen LogP contribution in [-0.2, 0) is 19.5 Å². The first-order valence-corrected chi connectivity index (χ1v) is 7.15. The van der Waals surface area contributed by atoms with E-state index in [9.17, 15) is 13.2 Å². The molecule has 0 saturated carbocycles. The van der Waals surface area contributed by atoms with Crippen LogP contribution in [0.5, 0.6) is 0 Å². The molecule has 0 saturated heterocycles. The van der Waals surface area contributed by atoms with Gasteiger partial charge in [0, 0.05) is 13.7 Å². The molecule has 8 heteroatoms. The minimum atomic E-state index is -3.80. The molecular formula is C11H14ClNO5S. The SMILES string of the molecule is COCCNS(=O)(=O)c1cc(C(=O)OC)ccc1Cl. The van der Waals surface area contributed by atoms with E-state index in [0.717, 1.165) is 0 Å². The molecule has 6 nitrogen and oxygen atoms in total. The first-order chi connectivity index (χ1) is 8.92. The first kappa shape index (κ1) is 15.9. The van der Waals surface area contributed by atoms with Crippen LogP contribution < -0.4 is 4.72 Å². The number of carbonyl (C=O) groups excluding carboxylic acids is 1. The van der Waals surface area contributed by atoms with E-state index in [-0.39, 0.29) is 28.6 Å². The molecule has 0 bridgehead atoms. The Balaban J connectivity index is 3.07. The van der Waals surface area contributed by atoms with Gasteiger partial charge >= 0.3 is 5.97 Å². The fraction of sp³-hybridized carbons (Fsp3) is 0.364. The number of nitrogens with one attached hydrogen (secondary N) is 1. The standard InChI is InChI=1S/C11H14ClNO5S/c1-17-6-5-13-19(15,16)10-7-8(11(14)18-2)3-4-9(10)12/h3-4,7,13H,5-6H2,1-2H3. The summed E-state index contributed by atoms with van der Waals surface area (Å²) in [4.78, 5) is 11.2.